The van der Waals surface area contributed by atoms with Gasteiger partial charge in [-0.3, -0.25) is 0 Å². The molecule has 0 aliphatic heterocycles. The van der Waals surface area contributed by atoms with Crippen molar-refractivity contribution in [3.8, 4) is 0 Å². The average molecular weight is 642 g/mol. The number of rotatable bonds is 16. The molecule has 0 aliphatic carbocycles. The standard InChI is InChI=1S/C20H29F13N2O4S/c1-35(2,12-15(36)37)8-5-7-34-40(38,39)9-4-3-6-13(17(22,23)24)10-14(18(25,26)27)11-16(21,19(28,29)30)20(31,32)33/h13-14,34H,3-12H2,1-2H3/p+1. The van der Waals surface area contributed by atoms with E-state index in [-0.39, 0.29) is 30.5 Å². The highest BCUT2D eigenvalue weighted by Crippen LogP contribution is 2.53. The number of unbranched alkanes of at least 4 members (excludes halogenated alkanes) is 1. The zero-order chi connectivity index (χ0) is 32.0. The molecule has 0 saturated heterocycles. The molecule has 0 aromatic rings. The molecular formula is C20H30F13N2O4S+. The topological polar surface area (TPSA) is 83.5 Å². The Bertz CT molecular complexity index is 899. The van der Waals surface area contributed by atoms with Crippen LogP contribution in [0.3, 0.4) is 0 Å². The van der Waals surface area contributed by atoms with E-state index in [1.54, 1.807) is 14.1 Å². The summed E-state index contributed by atoms with van der Waals surface area (Å²) >= 11 is 0. The second kappa shape index (κ2) is 13.6. The number of halogens is 13. The van der Waals surface area contributed by atoms with Crippen LogP contribution in [0.1, 0.15) is 38.5 Å². The van der Waals surface area contributed by atoms with Crippen LogP contribution in [-0.2, 0) is 14.8 Å². The Hall–Kier alpha value is -1.57. The molecule has 0 aliphatic rings. The van der Waals surface area contributed by atoms with Crippen LogP contribution in [0.4, 0.5) is 57.1 Å². The molecular weight excluding hydrogens is 611 g/mol. The highest BCUT2D eigenvalue weighted by molar-refractivity contribution is 7.89. The summed E-state index contributed by atoms with van der Waals surface area (Å²) in [5, 5.41) is 8.79. The van der Waals surface area contributed by atoms with Gasteiger partial charge in [-0.1, -0.05) is 6.42 Å². The second-order valence-electron chi connectivity index (χ2n) is 9.99. The largest absolute Gasteiger partial charge is 0.477 e. The number of sulfonamides is 1. The molecule has 2 atom stereocenters. The van der Waals surface area contributed by atoms with Gasteiger partial charge in [-0.15, -0.1) is 0 Å². The number of nitrogens with zero attached hydrogens (tertiary/aromatic N) is 1. The first kappa shape index (κ1) is 38.4. The van der Waals surface area contributed by atoms with Crippen LogP contribution in [0, 0.1) is 11.8 Å². The minimum Gasteiger partial charge on any atom is -0.477 e. The fourth-order valence-corrected chi connectivity index (χ4v) is 4.94. The van der Waals surface area contributed by atoms with Crippen molar-refractivity contribution in [2.24, 2.45) is 11.8 Å². The third kappa shape index (κ3) is 12.9. The van der Waals surface area contributed by atoms with Crippen molar-refractivity contribution in [1.82, 2.24) is 4.72 Å². The van der Waals surface area contributed by atoms with Crippen molar-refractivity contribution in [2.45, 2.75) is 68.9 Å². The number of carboxylic acid groups (broad SMARTS) is 1. The van der Waals surface area contributed by atoms with Crippen LogP contribution in [0.5, 0.6) is 0 Å². The minimum atomic E-state index is -6.89. The van der Waals surface area contributed by atoms with E-state index in [1.165, 1.54) is 0 Å². The number of aliphatic carboxylic acids is 1. The van der Waals surface area contributed by atoms with Crippen molar-refractivity contribution in [1.29, 1.82) is 0 Å². The molecule has 20 heteroatoms. The second-order valence-corrected chi connectivity index (χ2v) is 11.9. The van der Waals surface area contributed by atoms with E-state index in [4.69, 9.17) is 5.11 Å². The van der Waals surface area contributed by atoms with Crippen molar-refractivity contribution >= 4 is 16.0 Å². The first-order valence-electron chi connectivity index (χ1n) is 11.5. The molecule has 40 heavy (non-hydrogen) atoms. The van der Waals surface area contributed by atoms with Gasteiger partial charge in [0.2, 0.25) is 10.0 Å². The van der Waals surface area contributed by atoms with Gasteiger partial charge in [0, 0.05) is 19.4 Å². The smallest absolute Gasteiger partial charge is 0.431 e. The highest BCUT2D eigenvalue weighted by Gasteiger charge is 2.74. The Morgan fingerprint density at radius 3 is 1.68 bits per heavy atom. The molecule has 0 radical (unpaired) electrons. The van der Waals surface area contributed by atoms with E-state index in [0.717, 1.165) is 0 Å². The van der Waals surface area contributed by atoms with Gasteiger partial charge in [0.1, 0.15) is 0 Å². The number of carboxylic acids is 1. The van der Waals surface area contributed by atoms with Gasteiger partial charge in [-0.25, -0.2) is 22.3 Å². The number of nitrogens with one attached hydrogen (secondary N) is 1. The molecule has 0 bridgehead atoms. The molecule has 0 aromatic heterocycles. The Morgan fingerprint density at radius 1 is 0.800 bits per heavy atom. The lowest BCUT2D eigenvalue weighted by Crippen LogP contribution is -2.55. The lowest BCUT2D eigenvalue weighted by molar-refractivity contribution is -0.883. The molecule has 0 aromatic carbocycles. The van der Waals surface area contributed by atoms with Crippen LogP contribution < -0.4 is 4.72 Å². The quantitative estimate of drug-likeness (QED) is 0.131. The molecule has 0 heterocycles. The molecule has 6 nitrogen and oxygen atoms in total. The molecule has 2 N–H and O–H groups in total. The molecule has 0 fully saturated rings. The summed E-state index contributed by atoms with van der Waals surface area (Å²) in [5.74, 6) is -8.98. The molecule has 0 saturated carbocycles. The summed E-state index contributed by atoms with van der Waals surface area (Å²) < 4.78 is 196. The van der Waals surface area contributed by atoms with E-state index in [9.17, 15) is 70.3 Å². The zero-order valence-corrected chi connectivity index (χ0v) is 22.0. The molecule has 2 unspecified atom stereocenters. The molecule has 0 spiro atoms. The first-order valence-corrected chi connectivity index (χ1v) is 13.2. The normalized spacial score (nSPS) is 16.2. The van der Waals surface area contributed by atoms with Crippen LogP contribution in [0.25, 0.3) is 0 Å². The van der Waals surface area contributed by atoms with Gasteiger partial charge in [0.05, 0.1) is 38.2 Å². The summed E-state index contributed by atoms with van der Waals surface area (Å²) in [6.07, 6.45) is -33.5. The monoisotopic (exact) mass is 641 g/mol. The minimum absolute atomic E-state index is 0.00424. The lowest BCUT2D eigenvalue weighted by Gasteiger charge is -2.35. The fraction of sp³-hybridized carbons (Fsp3) is 0.950. The Balaban J connectivity index is 5.28. The summed E-state index contributed by atoms with van der Waals surface area (Å²) in [6, 6.07) is 0. The molecule has 0 amide bonds. The average Bonchev–Trinajstić information content (AvgIpc) is 2.68. The maximum Gasteiger partial charge on any atom is 0.431 e. The number of likely N-dealkylation sites (N-methyl/N-ethyl adjacent to an activating group) is 1. The Kier molecular flexibility index (Phi) is 13.1. The SMILES string of the molecule is C[N+](C)(CCCNS(=O)(=O)CCCCC(CC(CC(F)(C(F)(F)F)C(F)(F)F)C(F)(F)F)C(F)(F)F)CC(=O)O. The summed E-state index contributed by atoms with van der Waals surface area (Å²) in [4.78, 5) is 10.8. The lowest BCUT2D eigenvalue weighted by atomic mass is 9.82. The van der Waals surface area contributed by atoms with E-state index in [0.29, 0.717) is 0 Å². The van der Waals surface area contributed by atoms with Gasteiger partial charge in [0.15, 0.2) is 6.54 Å². The number of quaternary nitrogens is 1. The number of hydrogen-bond donors (Lipinski definition) is 2. The molecule has 0 rings (SSSR count). The number of alkyl halides is 13. The van der Waals surface area contributed by atoms with Crippen molar-refractivity contribution in [3.63, 3.8) is 0 Å². The van der Waals surface area contributed by atoms with Crippen LogP contribution in [0.15, 0.2) is 0 Å². The maximum atomic E-state index is 13.9. The van der Waals surface area contributed by atoms with E-state index in [1.807, 2.05) is 0 Å². The molecule has 240 valence electrons. The van der Waals surface area contributed by atoms with E-state index in [2.05, 4.69) is 4.72 Å². The highest BCUT2D eigenvalue weighted by atomic mass is 32.2. The predicted octanol–water partition coefficient (Wildman–Crippen LogP) is 5.60. The van der Waals surface area contributed by atoms with Crippen LogP contribution in [0.2, 0.25) is 0 Å². The Labute approximate surface area is 221 Å². The van der Waals surface area contributed by atoms with E-state index >= 15 is 0 Å². The maximum absolute atomic E-state index is 13.9. The van der Waals surface area contributed by atoms with Crippen molar-refractivity contribution < 1.29 is 79.9 Å². The van der Waals surface area contributed by atoms with Crippen LogP contribution in [-0.4, -0.2) is 93.8 Å². The first-order chi connectivity index (χ1) is 17.5. The van der Waals surface area contributed by atoms with Crippen LogP contribution >= 0.6 is 0 Å². The third-order valence-corrected chi connectivity index (χ3v) is 7.43. The van der Waals surface area contributed by atoms with Gasteiger partial charge in [-0.05, 0) is 19.3 Å². The number of hydrogen-bond acceptors (Lipinski definition) is 3. The summed E-state index contributed by atoms with van der Waals surface area (Å²) in [7, 11) is -0.976. The van der Waals surface area contributed by atoms with Gasteiger partial charge >= 0.3 is 30.7 Å². The predicted molar refractivity (Wildman–Crippen MR) is 114 cm³/mol. The van der Waals surface area contributed by atoms with E-state index < -0.39 is 96.1 Å². The Morgan fingerprint density at radius 2 is 1.27 bits per heavy atom. The third-order valence-electron chi connectivity index (χ3n) is 5.96. The fourth-order valence-electron chi connectivity index (χ4n) is 3.76. The zero-order valence-electron chi connectivity index (χ0n) is 21.2. The summed E-state index contributed by atoms with van der Waals surface area (Å²) in [6.45, 7) is -0.211. The van der Waals surface area contributed by atoms with Crippen molar-refractivity contribution in [2.75, 3.05) is 39.5 Å². The summed E-state index contributed by atoms with van der Waals surface area (Å²) in [5.41, 5.74) is -6.42. The van der Waals surface area contributed by atoms with Crippen molar-refractivity contribution in [3.05, 3.63) is 0 Å². The van der Waals surface area contributed by atoms with Gasteiger partial charge in [0.25, 0.3) is 5.67 Å². The number of carbonyl (C=O) groups is 1. The van der Waals surface area contributed by atoms with Gasteiger partial charge in [-0.2, -0.15) is 52.7 Å². The van der Waals surface area contributed by atoms with Gasteiger partial charge < -0.3 is 9.59 Å².